The molecule has 1 aromatic heterocycles. The van der Waals surface area contributed by atoms with Crippen LogP contribution in [0.3, 0.4) is 0 Å². The molecule has 4 rings (SSSR count). The van der Waals surface area contributed by atoms with Crippen molar-refractivity contribution in [3.8, 4) is 11.3 Å². The van der Waals surface area contributed by atoms with Gasteiger partial charge in [0.2, 0.25) is 0 Å². The highest BCUT2D eigenvalue weighted by atomic mass is 127. The van der Waals surface area contributed by atoms with E-state index in [4.69, 9.17) is 16.6 Å². The van der Waals surface area contributed by atoms with Gasteiger partial charge in [0.15, 0.2) is 4.32 Å². The summed E-state index contributed by atoms with van der Waals surface area (Å²) < 4.78 is 7.92. The number of carbonyl (C=O) groups is 1. The first kappa shape index (κ1) is 21.2. The fourth-order valence-corrected chi connectivity index (χ4v) is 5.00. The lowest BCUT2D eigenvalue weighted by Gasteiger charge is -2.14. The minimum absolute atomic E-state index is 0.0170. The number of amides is 1. The number of hydrogen-bond acceptors (Lipinski definition) is 6. The number of nitro benzene ring substituents is 1. The molecule has 3 aromatic rings. The lowest BCUT2D eigenvalue weighted by Crippen LogP contribution is -2.27. The summed E-state index contributed by atoms with van der Waals surface area (Å²) in [6, 6.07) is 15.5. The lowest BCUT2D eigenvalue weighted by atomic mass is 10.1. The zero-order chi connectivity index (χ0) is 21.4. The van der Waals surface area contributed by atoms with Gasteiger partial charge in [0.25, 0.3) is 11.6 Å². The monoisotopic (exact) mass is 612 g/mol. The number of hydrogen-bond donors (Lipinski definition) is 0. The quantitative estimate of drug-likeness (QED) is 0.108. The molecule has 1 fully saturated rings. The van der Waals surface area contributed by atoms with Gasteiger partial charge in [-0.05, 0) is 81.0 Å². The molecule has 1 aliphatic rings. The van der Waals surface area contributed by atoms with Crippen LogP contribution in [0.1, 0.15) is 5.76 Å². The van der Waals surface area contributed by atoms with Gasteiger partial charge in [0.05, 0.1) is 15.5 Å². The fraction of sp³-hybridized carbons (Fsp3) is 0. The van der Waals surface area contributed by atoms with Gasteiger partial charge in [-0.3, -0.25) is 19.8 Å². The summed E-state index contributed by atoms with van der Waals surface area (Å²) in [5.74, 6) is 0.801. The van der Waals surface area contributed by atoms with Crippen LogP contribution in [0.4, 0.5) is 11.4 Å². The van der Waals surface area contributed by atoms with Crippen molar-refractivity contribution in [2.24, 2.45) is 0 Å². The van der Waals surface area contributed by atoms with Crippen molar-refractivity contribution in [3.05, 3.63) is 83.4 Å². The average molecular weight is 613 g/mol. The van der Waals surface area contributed by atoms with Crippen molar-refractivity contribution in [3.63, 3.8) is 0 Å². The molecule has 0 atom stereocenters. The summed E-state index contributed by atoms with van der Waals surface area (Å²) in [4.78, 5) is 25.3. The maximum absolute atomic E-state index is 12.9. The Labute approximate surface area is 202 Å². The summed E-state index contributed by atoms with van der Waals surface area (Å²) in [7, 11) is 0. The minimum atomic E-state index is -0.461. The topological polar surface area (TPSA) is 76.6 Å². The summed E-state index contributed by atoms with van der Waals surface area (Å²) in [6.07, 6.45) is 1.65. The van der Waals surface area contributed by atoms with E-state index in [1.54, 1.807) is 24.3 Å². The van der Waals surface area contributed by atoms with Crippen LogP contribution in [0.15, 0.2) is 68.4 Å². The molecule has 2 heterocycles. The average Bonchev–Trinajstić information content (AvgIpc) is 3.27. The van der Waals surface area contributed by atoms with E-state index in [1.807, 2.05) is 24.3 Å². The van der Waals surface area contributed by atoms with Crippen LogP contribution in [0.25, 0.3) is 17.4 Å². The number of rotatable bonds is 4. The molecule has 2 aromatic carbocycles. The maximum atomic E-state index is 12.9. The minimum Gasteiger partial charge on any atom is -0.457 e. The van der Waals surface area contributed by atoms with Crippen molar-refractivity contribution in [1.29, 1.82) is 0 Å². The number of thioether (sulfide) groups is 1. The molecular formula is C20H10BrIN2O4S2. The number of anilines is 1. The van der Waals surface area contributed by atoms with Crippen molar-refractivity contribution >= 4 is 90.2 Å². The van der Waals surface area contributed by atoms with Gasteiger partial charge in [-0.2, -0.15) is 0 Å². The van der Waals surface area contributed by atoms with E-state index in [2.05, 4.69) is 38.5 Å². The van der Waals surface area contributed by atoms with Crippen molar-refractivity contribution in [2.75, 3.05) is 4.90 Å². The second kappa shape index (κ2) is 8.61. The van der Waals surface area contributed by atoms with Crippen molar-refractivity contribution < 1.29 is 14.1 Å². The predicted octanol–water partition coefficient (Wildman–Crippen LogP) is 6.63. The third kappa shape index (κ3) is 4.22. The third-order valence-electron chi connectivity index (χ3n) is 4.21. The van der Waals surface area contributed by atoms with E-state index >= 15 is 0 Å². The fourth-order valence-electron chi connectivity index (χ4n) is 2.80. The first-order valence-electron chi connectivity index (χ1n) is 8.41. The molecule has 0 bridgehead atoms. The molecule has 10 heteroatoms. The van der Waals surface area contributed by atoms with Gasteiger partial charge in [-0.15, -0.1) is 0 Å². The van der Waals surface area contributed by atoms with Gasteiger partial charge < -0.3 is 4.42 Å². The molecule has 1 amide bonds. The lowest BCUT2D eigenvalue weighted by molar-refractivity contribution is -0.384. The Morgan fingerprint density at radius 1 is 1.17 bits per heavy atom. The second-order valence-corrected chi connectivity index (χ2v) is 9.89. The van der Waals surface area contributed by atoms with Crippen LogP contribution in [-0.2, 0) is 4.79 Å². The van der Waals surface area contributed by atoms with Gasteiger partial charge in [0.1, 0.15) is 11.5 Å². The summed E-state index contributed by atoms with van der Waals surface area (Å²) in [5, 5.41) is 10.9. The van der Waals surface area contributed by atoms with Crippen LogP contribution in [0.2, 0.25) is 0 Å². The number of furan rings is 1. The van der Waals surface area contributed by atoms with Gasteiger partial charge >= 0.3 is 0 Å². The van der Waals surface area contributed by atoms with E-state index in [0.29, 0.717) is 30.8 Å². The molecule has 6 nitrogen and oxygen atoms in total. The molecule has 0 radical (unpaired) electrons. The van der Waals surface area contributed by atoms with Crippen LogP contribution < -0.4 is 4.90 Å². The zero-order valence-electron chi connectivity index (χ0n) is 14.9. The third-order valence-corrected chi connectivity index (χ3v) is 6.89. The maximum Gasteiger partial charge on any atom is 0.270 e. The second-order valence-electron chi connectivity index (χ2n) is 6.12. The Morgan fingerprint density at radius 3 is 2.57 bits per heavy atom. The number of thiocarbonyl (C=S) groups is 1. The molecule has 150 valence electrons. The molecule has 1 saturated heterocycles. The predicted molar refractivity (Wildman–Crippen MR) is 133 cm³/mol. The number of non-ortho nitro benzene ring substituents is 1. The molecule has 0 aliphatic carbocycles. The number of halogens is 2. The molecule has 0 unspecified atom stereocenters. The van der Waals surface area contributed by atoms with E-state index in [-0.39, 0.29) is 11.6 Å². The number of benzene rings is 2. The first-order chi connectivity index (χ1) is 14.3. The number of carbonyl (C=O) groups excluding carboxylic acids is 1. The van der Waals surface area contributed by atoms with E-state index in [9.17, 15) is 14.9 Å². The molecule has 30 heavy (non-hydrogen) atoms. The van der Waals surface area contributed by atoms with Crippen LogP contribution in [-0.4, -0.2) is 15.2 Å². The van der Waals surface area contributed by atoms with Gasteiger partial charge in [0, 0.05) is 31.8 Å². The smallest absolute Gasteiger partial charge is 0.270 e. The van der Waals surface area contributed by atoms with Gasteiger partial charge in [-0.25, -0.2) is 0 Å². The van der Waals surface area contributed by atoms with E-state index in [1.165, 1.54) is 28.8 Å². The van der Waals surface area contributed by atoms with Crippen LogP contribution in [0, 0.1) is 13.7 Å². The Hall–Kier alpha value is -2.02. The largest absolute Gasteiger partial charge is 0.457 e. The highest BCUT2D eigenvalue weighted by Gasteiger charge is 2.33. The summed E-state index contributed by atoms with van der Waals surface area (Å²) in [6.45, 7) is 0. The summed E-state index contributed by atoms with van der Waals surface area (Å²) in [5.41, 5.74) is 1.37. The molecule has 1 aliphatic heterocycles. The van der Waals surface area contributed by atoms with E-state index in [0.717, 1.165) is 9.26 Å². The highest BCUT2D eigenvalue weighted by molar-refractivity contribution is 14.1. The Morgan fingerprint density at radius 2 is 1.90 bits per heavy atom. The molecule has 0 saturated carbocycles. The standard InChI is InChI=1S/C20H10BrIN2O4S2/c21-16-9-13(24(26)27)5-7-15(16)17-8-6-14(28-17)10-18-19(25)23(20(29)30-18)12-3-1-11(22)2-4-12/h1-10H. The normalized spacial score (nSPS) is 15.3. The first-order valence-corrected chi connectivity index (χ1v) is 11.5. The number of nitrogens with zero attached hydrogens (tertiary/aromatic N) is 2. The number of nitro groups is 1. The Balaban J connectivity index is 1.60. The summed E-state index contributed by atoms with van der Waals surface area (Å²) >= 11 is 12.1. The van der Waals surface area contributed by atoms with Gasteiger partial charge in [-0.1, -0.05) is 24.0 Å². The molecular weight excluding hydrogens is 603 g/mol. The van der Waals surface area contributed by atoms with Crippen LogP contribution >= 0.6 is 62.5 Å². The Bertz CT molecular complexity index is 1220. The highest BCUT2D eigenvalue weighted by Crippen LogP contribution is 2.37. The van der Waals surface area contributed by atoms with Crippen molar-refractivity contribution in [2.45, 2.75) is 0 Å². The molecule has 0 N–H and O–H groups in total. The van der Waals surface area contributed by atoms with E-state index < -0.39 is 4.92 Å². The SMILES string of the molecule is O=C1C(=Cc2ccc(-c3ccc([N+](=O)[O-])cc3Br)o2)SC(=S)N1c1ccc(I)cc1. The molecule has 0 spiro atoms. The van der Waals surface area contributed by atoms with Crippen molar-refractivity contribution in [1.82, 2.24) is 0 Å². The van der Waals surface area contributed by atoms with Crippen LogP contribution in [0.5, 0.6) is 0 Å². The Kier molecular flexibility index (Phi) is 6.09. The zero-order valence-corrected chi connectivity index (χ0v) is 20.2.